The predicted molar refractivity (Wildman–Crippen MR) is 94.9 cm³/mol. The van der Waals surface area contributed by atoms with Crippen LogP contribution in [-0.4, -0.2) is 41.7 Å². The summed E-state index contributed by atoms with van der Waals surface area (Å²) in [7, 11) is -3.75. The van der Waals surface area contributed by atoms with Crippen molar-refractivity contribution in [1.82, 2.24) is 9.62 Å². The lowest BCUT2D eigenvalue weighted by atomic mass is 9.70. The summed E-state index contributed by atoms with van der Waals surface area (Å²) in [6.07, 6.45) is 4.74. The zero-order valence-electron chi connectivity index (χ0n) is 14.3. The van der Waals surface area contributed by atoms with Gasteiger partial charge >= 0.3 is 0 Å². The van der Waals surface area contributed by atoms with Gasteiger partial charge in [0.25, 0.3) is 5.69 Å². The van der Waals surface area contributed by atoms with Crippen LogP contribution in [0.15, 0.2) is 41.8 Å². The van der Waals surface area contributed by atoms with Gasteiger partial charge in [0.1, 0.15) is 0 Å². The molecule has 1 aliphatic carbocycles. The summed E-state index contributed by atoms with van der Waals surface area (Å²) in [4.78, 5) is 21.8. The minimum absolute atomic E-state index is 0.0583. The number of amides is 1. The fraction of sp³-hybridized carbons (Fsp3) is 0.471. The van der Waals surface area contributed by atoms with Crippen molar-refractivity contribution in [3.63, 3.8) is 0 Å². The number of carbonyl (C=O) groups is 1. The van der Waals surface area contributed by atoms with Crippen molar-refractivity contribution >= 4 is 21.6 Å². The fourth-order valence-corrected chi connectivity index (χ4v) is 5.68. The molecule has 2 fully saturated rings. The first-order valence-electron chi connectivity index (χ1n) is 8.49. The Kier molecular flexibility index (Phi) is 4.85. The number of nitrogens with one attached hydrogen (secondary N) is 1. The molecule has 140 valence electrons. The van der Waals surface area contributed by atoms with Gasteiger partial charge in [0.05, 0.1) is 9.82 Å². The van der Waals surface area contributed by atoms with E-state index in [0.717, 1.165) is 19.3 Å². The molecule has 1 saturated carbocycles. The molecule has 1 heterocycles. The van der Waals surface area contributed by atoms with Crippen LogP contribution >= 0.6 is 0 Å². The van der Waals surface area contributed by atoms with E-state index in [1.54, 1.807) is 0 Å². The fourth-order valence-electron chi connectivity index (χ4n) is 3.84. The highest BCUT2D eigenvalue weighted by Gasteiger charge is 2.51. The Morgan fingerprint density at radius 2 is 2.00 bits per heavy atom. The molecule has 1 aromatic rings. The number of hydrogen-bond donors (Lipinski definition) is 1. The molecule has 8 nitrogen and oxygen atoms in total. The Hall–Kier alpha value is -2.26. The molecular formula is C17H21N3O5S. The van der Waals surface area contributed by atoms with Gasteiger partial charge in [0.2, 0.25) is 15.9 Å². The van der Waals surface area contributed by atoms with E-state index >= 15 is 0 Å². The van der Waals surface area contributed by atoms with Gasteiger partial charge in [0.15, 0.2) is 0 Å². The Morgan fingerprint density at radius 3 is 2.50 bits per heavy atom. The summed E-state index contributed by atoms with van der Waals surface area (Å²) in [6, 6.07) is 4.90. The van der Waals surface area contributed by atoms with Gasteiger partial charge in [-0.05, 0) is 50.3 Å². The maximum absolute atomic E-state index is 13.1. The van der Waals surface area contributed by atoms with E-state index < -0.39 is 20.5 Å². The number of sulfonamides is 1. The van der Waals surface area contributed by atoms with Crippen LogP contribution in [0.3, 0.4) is 0 Å². The van der Waals surface area contributed by atoms with Gasteiger partial charge < -0.3 is 5.32 Å². The molecule has 1 spiro atoms. The van der Waals surface area contributed by atoms with Crippen LogP contribution in [-0.2, 0) is 14.8 Å². The van der Waals surface area contributed by atoms with Crippen molar-refractivity contribution in [2.45, 2.75) is 48.6 Å². The minimum Gasteiger partial charge on any atom is -0.350 e. The van der Waals surface area contributed by atoms with Crippen molar-refractivity contribution < 1.29 is 18.1 Å². The second-order valence-electron chi connectivity index (χ2n) is 6.81. The smallest absolute Gasteiger partial charge is 0.269 e. The molecule has 0 radical (unpaired) electrons. The highest BCUT2D eigenvalue weighted by molar-refractivity contribution is 7.89. The lowest BCUT2D eigenvalue weighted by Gasteiger charge is -2.54. The number of piperidine rings is 1. The monoisotopic (exact) mass is 379 g/mol. The number of hydrogen-bond acceptors (Lipinski definition) is 5. The van der Waals surface area contributed by atoms with Crippen molar-refractivity contribution in [2.75, 3.05) is 6.54 Å². The van der Waals surface area contributed by atoms with Gasteiger partial charge in [-0.1, -0.05) is 6.58 Å². The Morgan fingerprint density at radius 1 is 1.35 bits per heavy atom. The van der Waals surface area contributed by atoms with Crippen LogP contribution in [0.2, 0.25) is 0 Å². The Labute approximate surface area is 152 Å². The third-order valence-corrected chi connectivity index (χ3v) is 7.31. The van der Waals surface area contributed by atoms with Gasteiger partial charge in [0, 0.05) is 30.3 Å². The highest BCUT2D eigenvalue weighted by atomic mass is 32.2. The summed E-state index contributed by atoms with van der Waals surface area (Å²) in [5.41, 5.74) is -0.633. The standard InChI is InChI=1S/C17H21N3O5S/c1-2-16(21)18-13-8-11-19(17(12-13)9-3-10-17)26(24,25)15-6-4-14(5-7-15)20(22)23/h2,4-7,13H,1,3,8-12H2,(H,18,21). The van der Waals surface area contributed by atoms with E-state index in [-0.39, 0.29) is 22.5 Å². The Balaban J connectivity index is 1.84. The number of nitro groups is 1. The summed E-state index contributed by atoms with van der Waals surface area (Å²) in [6.45, 7) is 3.75. The molecule has 2 aliphatic rings. The largest absolute Gasteiger partial charge is 0.350 e. The van der Waals surface area contributed by atoms with Crippen LogP contribution in [0.5, 0.6) is 0 Å². The quantitative estimate of drug-likeness (QED) is 0.478. The molecule has 1 saturated heterocycles. The van der Waals surface area contributed by atoms with Crippen LogP contribution in [0.1, 0.15) is 32.1 Å². The zero-order valence-corrected chi connectivity index (χ0v) is 15.1. The average molecular weight is 379 g/mol. The molecule has 1 aromatic carbocycles. The van der Waals surface area contributed by atoms with E-state index in [1.807, 2.05) is 0 Å². The molecule has 9 heteroatoms. The maximum Gasteiger partial charge on any atom is 0.269 e. The van der Waals surface area contributed by atoms with Crippen LogP contribution in [0, 0.1) is 10.1 Å². The number of nitro benzene ring substituents is 1. The lowest BCUT2D eigenvalue weighted by molar-refractivity contribution is -0.384. The molecule has 1 atom stereocenters. The van der Waals surface area contributed by atoms with Crippen LogP contribution in [0.4, 0.5) is 5.69 Å². The summed E-state index contributed by atoms with van der Waals surface area (Å²) >= 11 is 0. The summed E-state index contributed by atoms with van der Waals surface area (Å²) in [5.74, 6) is -0.254. The number of carbonyl (C=O) groups excluding carboxylic acids is 1. The molecule has 26 heavy (non-hydrogen) atoms. The molecule has 1 amide bonds. The Bertz CT molecular complexity index is 830. The SMILES string of the molecule is C=CC(=O)NC1CCN(S(=O)(=O)c2ccc([N+](=O)[O-])cc2)C2(CCC2)C1. The normalized spacial score (nSPS) is 22.4. The second-order valence-corrected chi connectivity index (χ2v) is 8.67. The van der Waals surface area contributed by atoms with E-state index in [0.29, 0.717) is 19.4 Å². The molecule has 0 bridgehead atoms. The molecule has 1 aliphatic heterocycles. The van der Waals surface area contributed by atoms with E-state index in [2.05, 4.69) is 11.9 Å². The summed E-state index contributed by atoms with van der Waals surface area (Å²) < 4.78 is 27.8. The minimum atomic E-state index is -3.75. The van der Waals surface area contributed by atoms with Gasteiger partial charge in [-0.2, -0.15) is 4.31 Å². The van der Waals surface area contributed by atoms with Crippen molar-refractivity contribution in [3.05, 3.63) is 47.0 Å². The van der Waals surface area contributed by atoms with Crippen molar-refractivity contribution in [2.24, 2.45) is 0 Å². The molecule has 1 N–H and O–H groups in total. The van der Waals surface area contributed by atoms with Crippen LogP contribution < -0.4 is 5.32 Å². The lowest BCUT2D eigenvalue weighted by Crippen LogP contribution is -2.63. The first kappa shape index (κ1) is 18.5. The first-order valence-corrected chi connectivity index (χ1v) is 9.93. The van der Waals surface area contributed by atoms with E-state index in [4.69, 9.17) is 0 Å². The zero-order chi connectivity index (χ0) is 18.9. The third kappa shape index (κ3) is 3.24. The number of non-ortho nitro benzene ring substituents is 1. The molecule has 0 aromatic heterocycles. The molecular weight excluding hydrogens is 358 g/mol. The number of benzene rings is 1. The topological polar surface area (TPSA) is 110 Å². The number of rotatable bonds is 5. The first-order chi connectivity index (χ1) is 12.3. The number of nitrogens with zero attached hydrogens (tertiary/aromatic N) is 2. The molecule has 1 unspecified atom stereocenters. The van der Waals surface area contributed by atoms with Gasteiger partial charge in [-0.3, -0.25) is 14.9 Å². The van der Waals surface area contributed by atoms with Gasteiger partial charge in [-0.25, -0.2) is 8.42 Å². The second kappa shape index (κ2) is 6.81. The van der Waals surface area contributed by atoms with Gasteiger partial charge in [-0.15, -0.1) is 0 Å². The molecule has 3 rings (SSSR count). The predicted octanol–water partition coefficient (Wildman–Crippen LogP) is 1.97. The highest BCUT2D eigenvalue weighted by Crippen LogP contribution is 2.46. The van der Waals surface area contributed by atoms with Crippen LogP contribution in [0.25, 0.3) is 0 Å². The summed E-state index contributed by atoms with van der Waals surface area (Å²) in [5, 5.41) is 13.6. The third-order valence-electron chi connectivity index (χ3n) is 5.29. The van der Waals surface area contributed by atoms with Crippen molar-refractivity contribution in [3.8, 4) is 0 Å². The van der Waals surface area contributed by atoms with E-state index in [9.17, 15) is 23.3 Å². The maximum atomic E-state index is 13.1. The van der Waals surface area contributed by atoms with Crippen molar-refractivity contribution in [1.29, 1.82) is 0 Å². The average Bonchev–Trinajstić information content (AvgIpc) is 2.60. The van der Waals surface area contributed by atoms with E-state index in [1.165, 1.54) is 34.6 Å².